The normalized spacial score (nSPS) is 13.6. The summed E-state index contributed by atoms with van der Waals surface area (Å²) in [6, 6.07) is 12.8. The number of nitrogens with one attached hydrogen (secondary N) is 1. The molecule has 0 aromatic heterocycles. The monoisotopic (exact) mass is 316 g/mol. The Balaban J connectivity index is 1.69. The molecule has 2 aromatic carbocycles. The molecule has 5 heteroatoms. The van der Waals surface area contributed by atoms with Gasteiger partial charge in [-0.3, -0.25) is 4.79 Å². The smallest absolute Gasteiger partial charge is 0.246 e. The maximum atomic E-state index is 13.5. The van der Waals surface area contributed by atoms with E-state index in [0.29, 0.717) is 17.8 Å². The Morgan fingerprint density at radius 1 is 1.32 bits per heavy atom. The second kappa shape index (κ2) is 6.40. The quantitative estimate of drug-likeness (QED) is 0.937. The van der Waals surface area contributed by atoms with E-state index in [9.17, 15) is 9.18 Å². The molecule has 22 heavy (non-hydrogen) atoms. The highest BCUT2D eigenvalue weighted by atomic mass is 32.2. The molecular weight excluding hydrogens is 299 g/mol. The number of benzene rings is 2. The zero-order valence-corrected chi connectivity index (χ0v) is 13.1. The van der Waals surface area contributed by atoms with E-state index >= 15 is 0 Å². The number of rotatable bonds is 3. The Morgan fingerprint density at radius 3 is 2.95 bits per heavy atom. The van der Waals surface area contributed by atoms with Crippen LogP contribution in [0.3, 0.4) is 0 Å². The molecule has 2 aromatic rings. The van der Waals surface area contributed by atoms with Crippen molar-refractivity contribution in [2.45, 2.75) is 11.8 Å². The summed E-state index contributed by atoms with van der Waals surface area (Å²) in [5.41, 5.74) is 2.18. The fourth-order valence-electron chi connectivity index (χ4n) is 2.40. The zero-order chi connectivity index (χ0) is 15.5. The Labute approximate surface area is 133 Å². The van der Waals surface area contributed by atoms with Gasteiger partial charge in [0, 0.05) is 22.9 Å². The van der Waals surface area contributed by atoms with E-state index in [0.717, 1.165) is 16.3 Å². The number of amides is 1. The first kappa shape index (κ1) is 14.9. The zero-order valence-electron chi connectivity index (χ0n) is 12.3. The Kier molecular flexibility index (Phi) is 4.34. The first-order valence-electron chi connectivity index (χ1n) is 7.17. The van der Waals surface area contributed by atoms with E-state index in [1.165, 1.54) is 6.07 Å². The van der Waals surface area contributed by atoms with Crippen LogP contribution in [0, 0.1) is 12.7 Å². The van der Waals surface area contributed by atoms with E-state index in [1.54, 1.807) is 35.7 Å². The predicted octanol–water partition coefficient (Wildman–Crippen LogP) is 3.68. The van der Waals surface area contributed by atoms with Crippen molar-refractivity contribution >= 4 is 29.0 Å². The Hall–Kier alpha value is -2.01. The summed E-state index contributed by atoms with van der Waals surface area (Å²) < 4.78 is 13.5. The van der Waals surface area contributed by atoms with E-state index in [-0.39, 0.29) is 18.3 Å². The van der Waals surface area contributed by atoms with Crippen molar-refractivity contribution in [3.8, 4) is 0 Å². The lowest BCUT2D eigenvalue weighted by molar-refractivity contribution is -0.117. The number of thioether (sulfide) groups is 1. The van der Waals surface area contributed by atoms with Gasteiger partial charge in [0.25, 0.3) is 0 Å². The summed E-state index contributed by atoms with van der Waals surface area (Å²) in [4.78, 5) is 15.4. The number of hydrogen-bond donors (Lipinski definition) is 1. The third-order valence-electron chi connectivity index (χ3n) is 3.65. The fourth-order valence-corrected chi connectivity index (χ4v) is 3.40. The lowest BCUT2D eigenvalue weighted by Crippen LogP contribution is -2.39. The number of fused-ring (bicyclic) bond motifs is 1. The summed E-state index contributed by atoms with van der Waals surface area (Å²) in [6.45, 7) is 2.57. The second-order valence-corrected chi connectivity index (χ2v) is 6.32. The first-order valence-corrected chi connectivity index (χ1v) is 8.16. The van der Waals surface area contributed by atoms with Crippen molar-refractivity contribution in [3.05, 3.63) is 53.8 Å². The molecular formula is C17H17FN2OS. The highest BCUT2D eigenvalue weighted by Gasteiger charge is 2.22. The topological polar surface area (TPSA) is 32.3 Å². The molecule has 3 rings (SSSR count). The van der Waals surface area contributed by atoms with Crippen LogP contribution in [0.25, 0.3) is 0 Å². The molecule has 0 bridgehead atoms. The van der Waals surface area contributed by atoms with Crippen LogP contribution in [0.2, 0.25) is 0 Å². The summed E-state index contributed by atoms with van der Waals surface area (Å²) in [6.07, 6.45) is 0. The molecule has 1 N–H and O–H groups in total. The Bertz CT molecular complexity index is 705. The molecule has 0 fully saturated rings. The van der Waals surface area contributed by atoms with Crippen molar-refractivity contribution < 1.29 is 9.18 Å². The third kappa shape index (κ3) is 3.09. The summed E-state index contributed by atoms with van der Waals surface area (Å²) in [7, 11) is 0. The van der Waals surface area contributed by atoms with Crippen LogP contribution in [-0.4, -0.2) is 24.7 Å². The standard InChI is InChI=1S/C17H17FN2OS/c1-12-6-7-13(10-14(12)18)19-11-17(21)20-8-9-22-16-5-3-2-4-15(16)20/h2-7,10,19H,8-9,11H2,1H3. The lowest BCUT2D eigenvalue weighted by atomic mass is 10.2. The first-order chi connectivity index (χ1) is 10.6. The maximum absolute atomic E-state index is 13.5. The highest BCUT2D eigenvalue weighted by molar-refractivity contribution is 7.99. The summed E-state index contributed by atoms with van der Waals surface area (Å²) >= 11 is 1.76. The van der Waals surface area contributed by atoms with Gasteiger partial charge >= 0.3 is 0 Å². The molecule has 1 amide bonds. The van der Waals surface area contributed by atoms with Crippen LogP contribution in [0.1, 0.15) is 5.56 Å². The van der Waals surface area contributed by atoms with Crippen LogP contribution >= 0.6 is 11.8 Å². The largest absolute Gasteiger partial charge is 0.376 e. The van der Waals surface area contributed by atoms with Crippen LogP contribution < -0.4 is 10.2 Å². The van der Waals surface area contributed by atoms with Gasteiger partial charge in [-0.05, 0) is 36.8 Å². The van der Waals surface area contributed by atoms with Crippen molar-refractivity contribution in [1.82, 2.24) is 0 Å². The molecule has 1 heterocycles. The highest BCUT2D eigenvalue weighted by Crippen LogP contribution is 2.34. The minimum atomic E-state index is -0.267. The minimum Gasteiger partial charge on any atom is -0.376 e. The van der Waals surface area contributed by atoms with Gasteiger partial charge in [0.05, 0.1) is 12.2 Å². The van der Waals surface area contributed by atoms with E-state index in [4.69, 9.17) is 0 Å². The number of aryl methyl sites for hydroxylation is 1. The third-order valence-corrected chi connectivity index (χ3v) is 4.69. The SMILES string of the molecule is Cc1ccc(NCC(=O)N2CCSc3ccccc32)cc1F. The number of para-hydroxylation sites is 1. The summed E-state index contributed by atoms with van der Waals surface area (Å²) in [5.74, 6) is 0.618. The van der Waals surface area contributed by atoms with Gasteiger partial charge in [-0.1, -0.05) is 18.2 Å². The van der Waals surface area contributed by atoms with Crippen LogP contribution in [0.15, 0.2) is 47.4 Å². The van der Waals surface area contributed by atoms with E-state index < -0.39 is 0 Å². The van der Waals surface area contributed by atoms with Crippen LogP contribution in [0.5, 0.6) is 0 Å². The lowest BCUT2D eigenvalue weighted by Gasteiger charge is -2.29. The Morgan fingerprint density at radius 2 is 2.14 bits per heavy atom. The average Bonchev–Trinajstić information content (AvgIpc) is 2.55. The molecule has 0 radical (unpaired) electrons. The molecule has 0 atom stereocenters. The van der Waals surface area contributed by atoms with Crippen molar-refractivity contribution in [2.24, 2.45) is 0 Å². The number of halogens is 1. The minimum absolute atomic E-state index is 0.00580. The van der Waals surface area contributed by atoms with Gasteiger partial charge in [-0.2, -0.15) is 0 Å². The van der Waals surface area contributed by atoms with E-state index in [2.05, 4.69) is 5.32 Å². The van der Waals surface area contributed by atoms with Gasteiger partial charge in [0.2, 0.25) is 5.91 Å². The molecule has 1 aliphatic heterocycles. The molecule has 114 valence electrons. The van der Waals surface area contributed by atoms with Crippen molar-refractivity contribution in [2.75, 3.05) is 29.1 Å². The molecule has 0 spiro atoms. The fraction of sp³-hybridized carbons (Fsp3) is 0.235. The number of anilines is 2. The number of carbonyl (C=O) groups excluding carboxylic acids is 1. The molecule has 0 aliphatic carbocycles. The van der Waals surface area contributed by atoms with Gasteiger partial charge in [-0.15, -0.1) is 11.8 Å². The van der Waals surface area contributed by atoms with Crippen LogP contribution in [-0.2, 0) is 4.79 Å². The molecule has 0 unspecified atom stereocenters. The molecule has 3 nitrogen and oxygen atoms in total. The number of carbonyl (C=O) groups is 1. The molecule has 0 saturated heterocycles. The summed E-state index contributed by atoms with van der Waals surface area (Å²) in [5, 5.41) is 3.00. The second-order valence-electron chi connectivity index (χ2n) is 5.18. The number of nitrogens with zero attached hydrogens (tertiary/aromatic N) is 1. The van der Waals surface area contributed by atoms with Gasteiger partial charge in [0.1, 0.15) is 5.82 Å². The molecule has 1 aliphatic rings. The van der Waals surface area contributed by atoms with Crippen molar-refractivity contribution in [3.63, 3.8) is 0 Å². The van der Waals surface area contributed by atoms with Crippen molar-refractivity contribution in [1.29, 1.82) is 0 Å². The predicted molar refractivity (Wildman–Crippen MR) is 89.1 cm³/mol. The van der Waals surface area contributed by atoms with Gasteiger partial charge in [0.15, 0.2) is 0 Å². The maximum Gasteiger partial charge on any atom is 0.246 e. The van der Waals surface area contributed by atoms with Crippen LogP contribution in [0.4, 0.5) is 15.8 Å². The number of hydrogen-bond acceptors (Lipinski definition) is 3. The average molecular weight is 316 g/mol. The molecule has 0 saturated carbocycles. The van der Waals surface area contributed by atoms with E-state index in [1.807, 2.05) is 24.3 Å². The van der Waals surface area contributed by atoms with Gasteiger partial charge in [-0.25, -0.2) is 4.39 Å². The van der Waals surface area contributed by atoms with Gasteiger partial charge < -0.3 is 10.2 Å².